The Hall–Kier alpha value is -1.70. The predicted molar refractivity (Wildman–Crippen MR) is 90.5 cm³/mol. The number of urea groups is 1. The molecule has 128 valence electrons. The maximum Gasteiger partial charge on any atom is 0.319 e. The van der Waals surface area contributed by atoms with Crippen LogP contribution in [0.15, 0.2) is 0 Å². The number of nitrogens with one attached hydrogen (secondary N) is 1. The molecule has 2 heterocycles. The molecule has 7 nitrogen and oxygen atoms in total. The summed E-state index contributed by atoms with van der Waals surface area (Å²) < 4.78 is 0. The Labute approximate surface area is 141 Å². The molecule has 1 fully saturated rings. The lowest BCUT2D eigenvalue weighted by Crippen LogP contribution is -2.47. The van der Waals surface area contributed by atoms with Gasteiger partial charge in [0.2, 0.25) is 11.0 Å². The van der Waals surface area contributed by atoms with Gasteiger partial charge in [-0.2, -0.15) is 0 Å². The van der Waals surface area contributed by atoms with Gasteiger partial charge in [0, 0.05) is 33.6 Å². The molecule has 0 aromatic carbocycles. The van der Waals surface area contributed by atoms with Crippen LogP contribution in [-0.4, -0.2) is 59.1 Å². The Bertz CT molecular complexity index is 558. The molecule has 1 aliphatic heterocycles. The summed E-state index contributed by atoms with van der Waals surface area (Å²) in [5.41, 5.74) is 0. The van der Waals surface area contributed by atoms with Crippen LogP contribution in [0.4, 0.5) is 9.93 Å². The van der Waals surface area contributed by atoms with E-state index >= 15 is 0 Å². The van der Waals surface area contributed by atoms with Crippen molar-refractivity contribution in [3.8, 4) is 0 Å². The van der Waals surface area contributed by atoms with Crippen LogP contribution < -0.4 is 5.32 Å². The van der Waals surface area contributed by atoms with E-state index in [2.05, 4.69) is 29.4 Å². The van der Waals surface area contributed by atoms with E-state index in [4.69, 9.17) is 0 Å². The number of rotatable bonds is 4. The number of piperidine rings is 1. The van der Waals surface area contributed by atoms with Crippen LogP contribution in [0.1, 0.15) is 31.7 Å². The van der Waals surface area contributed by atoms with Crippen LogP contribution in [0, 0.1) is 11.8 Å². The first kappa shape index (κ1) is 17.7. The zero-order valence-electron chi connectivity index (χ0n) is 14.2. The molecular formula is C15H25N5O2S. The maximum absolute atomic E-state index is 12.4. The fraction of sp³-hybridized carbons (Fsp3) is 0.733. The van der Waals surface area contributed by atoms with Crippen molar-refractivity contribution >= 4 is 28.4 Å². The van der Waals surface area contributed by atoms with E-state index < -0.39 is 0 Å². The van der Waals surface area contributed by atoms with Gasteiger partial charge in [0.1, 0.15) is 5.01 Å². The molecular weight excluding hydrogens is 314 g/mol. The van der Waals surface area contributed by atoms with Gasteiger partial charge < -0.3 is 15.1 Å². The second-order valence-electron chi connectivity index (χ2n) is 6.55. The van der Waals surface area contributed by atoms with Gasteiger partial charge in [0.05, 0.1) is 5.92 Å². The Morgan fingerprint density at radius 3 is 2.78 bits per heavy atom. The third-order valence-electron chi connectivity index (χ3n) is 3.73. The molecule has 1 atom stereocenters. The van der Waals surface area contributed by atoms with Crippen molar-refractivity contribution < 1.29 is 9.59 Å². The first-order valence-electron chi connectivity index (χ1n) is 7.96. The van der Waals surface area contributed by atoms with E-state index in [-0.39, 0.29) is 17.9 Å². The van der Waals surface area contributed by atoms with Gasteiger partial charge >= 0.3 is 6.03 Å². The van der Waals surface area contributed by atoms with E-state index in [0.29, 0.717) is 24.1 Å². The zero-order valence-corrected chi connectivity index (χ0v) is 15.0. The Balaban J connectivity index is 1.92. The number of carbonyl (C=O) groups excluding carboxylic acids is 2. The first-order chi connectivity index (χ1) is 10.9. The third kappa shape index (κ3) is 4.89. The van der Waals surface area contributed by atoms with Crippen LogP contribution in [0.5, 0.6) is 0 Å². The number of anilines is 1. The molecule has 0 spiro atoms. The smallest absolute Gasteiger partial charge is 0.319 e. The van der Waals surface area contributed by atoms with E-state index in [0.717, 1.165) is 24.3 Å². The molecule has 0 unspecified atom stereocenters. The molecule has 2 rings (SSSR count). The third-order valence-corrected chi connectivity index (χ3v) is 4.59. The number of amides is 3. The van der Waals surface area contributed by atoms with Crippen LogP contribution in [-0.2, 0) is 11.2 Å². The molecule has 23 heavy (non-hydrogen) atoms. The summed E-state index contributed by atoms with van der Waals surface area (Å²) in [5, 5.41) is 12.5. The molecule has 0 aliphatic carbocycles. The predicted octanol–water partition coefficient (Wildman–Crippen LogP) is 2.07. The lowest BCUT2D eigenvalue weighted by Gasteiger charge is -2.33. The highest BCUT2D eigenvalue weighted by molar-refractivity contribution is 7.15. The maximum atomic E-state index is 12.4. The van der Waals surface area contributed by atoms with Gasteiger partial charge in [-0.05, 0) is 18.8 Å². The van der Waals surface area contributed by atoms with Gasteiger partial charge in [-0.25, -0.2) is 4.79 Å². The summed E-state index contributed by atoms with van der Waals surface area (Å²) >= 11 is 1.42. The van der Waals surface area contributed by atoms with E-state index in [1.807, 2.05) is 0 Å². The van der Waals surface area contributed by atoms with Crippen molar-refractivity contribution in [3.63, 3.8) is 0 Å². The number of aromatic nitrogens is 2. The van der Waals surface area contributed by atoms with Gasteiger partial charge in [-0.3, -0.25) is 4.79 Å². The molecule has 1 saturated heterocycles. The fourth-order valence-electron chi connectivity index (χ4n) is 2.59. The standard InChI is InChI=1S/C15H25N5O2S/c1-10(2)8-12-17-18-14(23-12)16-13(21)11-6-5-7-20(9-11)15(22)19(3)4/h10-11H,5-9H2,1-4H3,(H,16,18,21)/t11-/m1/s1. The normalized spacial score (nSPS) is 18.1. The molecule has 0 saturated carbocycles. The highest BCUT2D eigenvalue weighted by atomic mass is 32.1. The Morgan fingerprint density at radius 1 is 1.39 bits per heavy atom. The molecule has 0 radical (unpaired) electrons. The van der Waals surface area contributed by atoms with Gasteiger partial charge in [0.15, 0.2) is 0 Å². The SMILES string of the molecule is CC(C)Cc1nnc(NC(=O)[C@@H]2CCCN(C(=O)N(C)C)C2)s1. The minimum Gasteiger partial charge on any atom is -0.331 e. The molecule has 3 amide bonds. The van der Waals surface area contributed by atoms with Crippen molar-refractivity contribution in [2.24, 2.45) is 11.8 Å². The largest absolute Gasteiger partial charge is 0.331 e. The van der Waals surface area contributed by atoms with Crippen LogP contribution in [0.3, 0.4) is 0 Å². The fourth-order valence-corrected chi connectivity index (χ4v) is 3.55. The minimum atomic E-state index is -0.190. The summed E-state index contributed by atoms with van der Waals surface area (Å²) in [6.45, 7) is 5.41. The topological polar surface area (TPSA) is 78.4 Å². The highest BCUT2D eigenvalue weighted by Crippen LogP contribution is 2.22. The molecule has 1 aromatic rings. The lowest BCUT2D eigenvalue weighted by atomic mass is 9.97. The number of carbonyl (C=O) groups is 2. The summed E-state index contributed by atoms with van der Waals surface area (Å²) in [5.74, 6) is 0.244. The van der Waals surface area contributed by atoms with Crippen molar-refractivity contribution in [2.75, 3.05) is 32.5 Å². The highest BCUT2D eigenvalue weighted by Gasteiger charge is 2.29. The summed E-state index contributed by atoms with van der Waals surface area (Å²) in [4.78, 5) is 27.7. The summed E-state index contributed by atoms with van der Waals surface area (Å²) in [6, 6.07) is -0.0439. The molecule has 1 aliphatic rings. The number of hydrogen-bond acceptors (Lipinski definition) is 5. The van der Waals surface area contributed by atoms with Gasteiger partial charge in [-0.15, -0.1) is 10.2 Å². The van der Waals surface area contributed by atoms with Gasteiger partial charge in [-0.1, -0.05) is 25.2 Å². The molecule has 0 bridgehead atoms. The van der Waals surface area contributed by atoms with Gasteiger partial charge in [0.25, 0.3) is 0 Å². The van der Waals surface area contributed by atoms with E-state index in [9.17, 15) is 9.59 Å². The second-order valence-corrected chi connectivity index (χ2v) is 7.61. The Morgan fingerprint density at radius 2 is 2.13 bits per heavy atom. The average molecular weight is 339 g/mol. The number of hydrogen-bond donors (Lipinski definition) is 1. The lowest BCUT2D eigenvalue weighted by molar-refractivity contribution is -0.121. The summed E-state index contributed by atoms with van der Waals surface area (Å²) in [7, 11) is 3.45. The molecule has 8 heteroatoms. The monoisotopic (exact) mass is 339 g/mol. The van der Waals surface area contributed by atoms with E-state index in [1.165, 1.54) is 11.3 Å². The van der Waals surface area contributed by atoms with Crippen LogP contribution in [0.2, 0.25) is 0 Å². The van der Waals surface area contributed by atoms with Crippen molar-refractivity contribution in [2.45, 2.75) is 33.1 Å². The Kier molecular flexibility index (Phi) is 5.92. The van der Waals surface area contributed by atoms with Crippen molar-refractivity contribution in [3.05, 3.63) is 5.01 Å². The van der Waals surface area contributed by atoms with Crippen LogP contribution in [0.25, 0.3) is 0 Å². The molecule has 1 N–H and O–H groups in total. The number of nitrogens with zero attached hydrogens (tertiary/aromatic N) is 4. The minimum absolute atomic E-state index is 0.0439. The quantitative estimate of drug-likeness (QED) is 0.911. The van der Waals surface area contributed by atoms with Crippen LogP contribution >= 0.6 is 11.3 Å². The second kappa shape index (κ2) is 7.72. The van der Waals surface area contributed by atoms with Crippen molar-refractivity contribution in [1.82, 2.24) is 20.0 Å². The average Bonchev–Trinajstić information content (AvgIpc) is 2.92. The molecule has 1 aromatic heterocycles. The number of likely N-dealkylation sites (tertiary alicyclic amines) is 1. The van der Waals surface area contributed by atoms with Crippen molar-refractivity contribution in [1.29, 1.82) is 0 Å². The first-order valence-corrected chi connectivity index (χ1v) is 8.78. The summed E-state index contributed by atoms with van der Waals surface area (Å²) in [6.07, 6.45) is 2.50. The van der Waals surface area contributed by atoms with E-state index in [1.54, 1.807) is 23.9 Å². The zero-order chi connectivity index (χ0) is 17.0.